The van der Waals surface area contributed by atoms with Crippen molar-refractivity contribution in [2.24, 2.45) is 0 Å². The lowest BCUT2D eigenvalue weighted by Gasteiger charge is -2.22. The summed E-state index contributed by atoms with van der Waals surface area (Å²) in [6, 6.07) is 9.14. The lowest BCUT2D eigenvalue weighted by molar-refractivity contribution is 0.426. The number of nitrogens with one attached hydrogen (secondary N) is 1. The van der Waals surface area contributed by atoms with Gasteiger partial charge < -0.3 is 20.1 Å². The molecule has 5 rings (SSSR count). The predicted molar refractivity (Wildman–Crippen MR) is 120 cm³/mol. The molecular formula is C22H21ClN6O2. The number of rotatable bonds is 5. The monoisotopic (exact) mass is 436 g/mol. The Morgan fingerprint density at radius 3 is 2.84 bits per heavy atom. The molecule has 0 radical (unpaired) electrons. The zero-order valence-corrected chi connectivity index (χ0v) is 17.8. The first-order chi connectivity index (χ1) is 14.9. The van der Waals surface area contributed by atoms with Crippen LogP contribution in [0.5, 0.6) is 0 Å². The Kier molecular flexibility index (Phi) is 4.66. The van der Waals surface area contributed by atoms with Gasteiger partial charge >= 0.3 is 0 Å². The molecule has 1 atom stereocenters. The van der Waals surface area contributed by atoms with Crippen LogP contribution in [-0.4, -0.2) is 19.7 Å². The standard InChI is InChI=1S/C22H21ClN6O2/c1-11(26-20-19(16(24)8-9-25-20)21-27-12(2)28-31-21)17-10-13-4-3-5-15(23)18(13)22(30)29(17)14-6-7-14/h3-5,8-11,14H,6-7H2,1-2H3,(H3,24,25,26)/t11-/m0/s1. The number of nitrogens with zero attached hydrogens (tertiary/aromatic N) is 4. The average molecular weight is 437 g/mol. The molecule has 1 aliphatic carbocycles. The molecule has 4 aromatic rings. The number of anilines is 2. The van der Waals surface area contributed by atoms with Gasteiger partial charge in [0, 0.05) is 23.6 Å². The lowest BCUT2D eigenvalue weighted by atomic mass is 10.1. The van der Waals surface area contributed by atoms with Gasteiger partial charge in [0.1, 0.15) is 11.4 Å². The van der Waals surface area contributed by atoms with E-state index in [-0.39, 0.29) is 17.6 Å². The fourth-order valence-corrected chi connectivity index (χ4v) is 4.15. The first-order valence-electron chi connectivity index (χ1n) is 10.1. The van der Waals surface area contributed by atoms with E-state index in [1.165, 1.54) is 0 Å². The summed E-state index contributed by atoms with van der Waals surface area (Å²) >= 11 is 6.35. The van der Waals surface area contributed by atoms with E-state index in [2.05, 4.69) is 20.4 Å². The molecule has 1 aliphatic rings. The summed E-state index contributed by atoms with van der Waals surface area (Å²) in [7, 11) is 0. The second-order valence-electron chi connectivity index (χ2n) is 7.82. The van der Waals surface area contributed by atoms with Crippen LogP contribution in [0, 0.1) is 6.92 Å². The highest BCUT2D eigenvalue weighted by molar-refractivity contribution is 6.35. The summed E-state index contributed by atoms with van der Waals surface area (Å²) in [5.74, 6) is 1.31. The maximum atomic E-state index is 13.3. The summed E-state index contributed by atoms with van der Waals surface area (Å²) in [4.78, 5) is 22.1. The third-order valence-corrected chi connectivity index (χ3v) is 5.81. The highest BCUT2D eigenvalue weighted by Gasteiger charge is 2.30. The maximum Gasteiger partial charge on any atom is 0.263 e. The molecule has 3 heterocycles. The number of hydrogen-bond donors (Lipinski definition) is 2. The minimum atomic E-state index is -0.242. The van der Waals surface area contributed by atoms with Gasteiger partial charge in [0.15, 0.2) is 5.82 Å². The molecule has 3 N–H and O–H groups in total. The summed E-state index contributed by atoms with van der Waals surface area (Å²) in [5, 5.41) is 9.08. The number of nitrogens with two attached hydrogens (primary N) is 1. The Morgan fingerprint density at radius 1 is 1.32 bits per heavy atom. The largest absolute Gasteiger partial charge is 0.398 e. The van der Waals surface area contributed by atoms with Crippen molar-refractivity contribution in [3.05, 3.63) is 63.4 Å². The zero-order chi connectivity index (χ0) is 21.7. The maximum absolute atomic E-state index is 13.3. The van der Waals surface area contributed by atoms with Crippen molar-refractivity contribution < 1.29 is 4.52 Å². The topological polar surface area (TPSA) is 112 Å². The Morgan fingerprint density at radius 2 is 2.13 bits per heavy atom. The molecule has 1 aromatic carbocycles. The molecule has 0 unspecified atom stereocenters. The molecular weight excluding hydrogens is 416 g/mol. The predicted octanol–water partition coefficient (Wildman–Crippen LogP) is 4.50. The fourth-order valence-electron chi connectivity index (χ4n) is 3.88. The minimum Gasteiger partial charge on any atom is -0.398 e. The Hall–Kier alpha value is -3.39. The zero-order valence-electron chi connectivity index (χ0n) is 17.1. The van der Waals surface area contributed by atoms with Crippen molar-refractivity contribution in [3.8, 4) is 11.5 Å². The third-order valence-electron chi connectivity index (χ3n) is 5.49. The number of halogens is 1. The van der Waals surface area contributed by atoms with E-state index in [0.29, 0.717) is 39.2 Å². The average Bonchev–Trinajstić information content (AvgIpc) is 3.48. The molecule has 0 spiro atoms. The van der Waals surface area contributed by atoms with Crippen LogP contribution in [-0.2, 0) is 0 Å². The van der Waals surface area contributed by atoms with Gasteiger partial charge in [-0.25, -0.2) is 4.98 Å². The Bertz CT molecular complexity index is 1360. The summed E-state index contributed by atoms with van der Waals surface area (Å²) in [6.07, 6.45) is 3.56. The van der Waals surface area contributed by atoms with Crippen LogP contribution in [0.4, 0.5) is 11.5 Å². The lowest BCUT2D eigenvalue weighted by Crippen LogP contribution is -2.26. The molecule has 31 heavy (non-hydrogen) atoms. The normalized spacial score (nSPS) is 14.7. The van der Waals surface area contributed by atoms with E-state index in [4.69, 9.17) is 21.9 Å². The van der Waals surface area contributed by atoms with E-state index >= 15 is 0 Å². The minimum absolute atomic E-state index is 0.0671. The van der Waals surface area contributed by atoms with E-state index in [0.717, 1.165) is 23.9 Å². The van der Waals surface area contributed by atoms with Crippen LogP contribution in [0.3, 0.4) is 0 Å². The van der Waals surface area contributed by atoms with Crippen LogP contribution >= 0.6 is 11.6 Å². The van der Waals surface area contributed by atoms with Gasteiger partial charge in [-0.1, -0.05) is 28.9 Å². The molecule has 1 fully saturated rings. The summed E-state index contributed by atoms with van der Waals surface area (Å²) < 4.78 is 7.19. The number of aromatic nitrogens is 4. The van der Waals surface area contributed by atoms with Crippen LogP contribution < -0.4 is 16.6 Å². The van der Waals surface area contributed by atoms with Gasteiger partial charge in [0.2, 0.25) is 0 Å². The van der Waals surface area contributed by atoms with E-state index in [1.54, 1.807) is 25.3 Å². The number of benzene rings is 1. The van der Waals surface area contributed by atoms with Gasteiger partial charge in [-0.15, -0.1) is 0 Å². The van der Waals surface area contributed by atoms with Crippen LogP contribution in [0.25, 0.3) is 22.2 Å². The highest BCUT2D eigenvalue weighted by Crippen LogP contribution is 2.38. The Balaban J connectivity index is 1.61. The van der Waals surface area contributed by atoms with E-state index in [9.17, 15) is 4.79 Å². The second kappa shape index (κ2) is 7.39. The summed E-state index contributed by atoms with van der Waals surface area (Å²) in [5.41, 5.74) is 8.01. The first-order valence-corrected chi connectivity index (χ1v) is 10.5. The van der Waals surface area contributed by atoms with Crippen molar-refractivity contribution in [1.82, 2.24) is 19.7 Å². The van der Waals surface area contributed by atoms with Gasteiger partial charge in [-0.05, 0) is 50.3 Å². The molecule has 1 saturated carbocycles. The number of aryl methyl sites for hydroxylation is 1. The van der Waals surface area contributed by atoms with E-state index < -0.39 is 0 Å². The van der Waals surface area contributed by atoms with Crippen molar-refractivity contribution in [3.63, 3.8) is 0 Å². The third kappa shape index (κ3) is 3.42. The number of fused-ring (bicyclic) bond motifs is 1. The van der Waals surface area contributed by atoms with Crippen LogP contribution in [0.1, 0.15) is 43.4 Å². The number of nitrogen functional groups attached to an aromatic ring is 1. The van der Waals surface area contributed by atoms with Crippen molar-refractivity contribution >= 4 is 33.9 Å². The summed E-state index contributed by atoms with van der Waals surface area (Å²) in [6.45, 7) is 3.72. The smallest absolute Gasteiger partial charge is 0.263 e. The molecule has 0 amide bonds. The van der Waals surface area contributed by atoms with Gasteiger partial charge in [-0.3, -0.25) is 4.79 Å². The fraction of sp³-hybridized carbons (Fsp3) is 0.273. The van der Waals surface area contributed by atoms with Crippen molar-refractivity contribution in [1.29, 1.82) is 0 Å². The van der Waals surface area contributed by atoms with Gasteiger partial charge in [0.05, 0.1) is 16.5 Å². The van der Waals surface area contributed by atoms with Gasteiger partial charge in [-0.2, -0.15) is 4.98 Å². The molecule has 0 aliphatic heterocycles. The molecule has 3 aromatic heterocycles. The quantitative estimate of drug-likeness (QED) is 0.473. The SMILES string of the molecule is Cc1noc(-c2c(N)ccnc2N[C@@H](C)c2cc3cccc(Cl)c3c(=O)n2C2CC2)n1. The molecule has 0 bridgehead atoms. The molecule has 158 valence electrons. The van der Waals surface area contributed by atoms with Crippen LogP contribution in [0.15, 0.2) is 45.8 Å². The number of hydrogen-bond acceptors (Lipinski definition) is 7. The molecule has 8 nitrogen and oxygen atoms in total. The van der Waals surface area contributed by atoms with E-state index in [1.807, 2.05) is 29.7 Å². The van der Waals surface area contributed by atoms with Crippen LogP contribution in [0.2, 0.25) is 5.02 Å². The molecule has 9 heteroatoms. The highest BCUT2D eigenvalue weighted by atomic mass is 35.5. The second-order valence-corrected chi connectivity index (χ2v) is 8.22. The number of pyridine rings is 2. The van der Waals surface area contributed by atoms with Crippen molar-refractivity contribution in [2.75, 3.05) is 11.1 Å². The first kappa shape index (κ1) is 19.6. The molecule has 0 saturated heterocycles. The van der Waals surface area contributed by atoms with Crippen molar-refractivity contribution in [2.45, 2.75) is 38.8 Å². The Labute approximate surface area is 183 Å². The van der Waals surface area contributed by atoms with Gasteiger partial charge in [0.25, 0.3) is 11.4 Å².